The van der Waals surface area contributed by atoms with E-state index in [9.17, 15) is 4.79 Å². The summed E-state index contributed by atoms with van der Waals surface area (Å²) < 4.78 is 15.4. The van der Waals surface area contributed by atoms with Crippen molar-refractivity contribution in [2.45, 2.75) is 27.3 Å². The summed E-state index contributed by atoms with van der Waals surface area (Å²) in [5.41, 5.74) is 1.32. The lowest BCUT2D eigenvalue weighted by Crippen LogP contribution is -2.22. The van der Waals surface area contributed by atoms with Crippen molar-refractivity contribution in [3.8, 4) is 17.1 Å². The molecular formula is C20H24N4O3S. The minimum Gasteiger partial charge on any atom is -0.497 e. The van der Waals surface area contributed by atoms with Crippen LogP contribution < -0.4 is 10.1 Å². The Morgan fingerprint density at radius 2 is 2.07 bits per heavy atom. The predicted molar refractivity (Wildman–Crippen MR) is 110 cm³/mol. The monoisotopic (exact) mass is 400 g/mol. The summed E-state index contributed by atoms with van der Waals surface area (Å²) in [4.78, 5) is 19.3. The van der Waals surface area contributed by atoms with Gasteiger partial charge in [0.25, 0.3) is 5.91 Å². The molecule has 0 saturated heterocycles. The third-order valence-electron chi connectivity index (χ3n) is 4.46. The van der Waals surface area contributed by atoms with E-state index in [0.29, 0.717) is 34.6 Å². The molecule has 3 aromatic rings. The smallest absolute Gasteiger partial charge is 0.261 e. The first-order chi connectivity index (χ1) is 13.5. The second kappa shape index (κ2) is 8.99. The Balaban J connectivity index is 1.73. The van der Waals surface area contributed by atoms with Gasteiger partial charge in [0.15, 0.2) is 5.82 Å². The van der Waals surface area contributed by atoms with Crippen molar-refractivity contribution >= 4 is 22.6 Å². The molecule has 1 amide bonds. The molecule has 0 spiro atoms. The Morgan fingerprint density at radius 3 is 2.79 bits per heavy atom. The SMILES string of the molecule is CCN(CC)Cc1nsc(NC(=O)c2cc(-c3cccc(OC)c3)oc2C)n1. The maximum Gasteiger partial charge on any atom is 0.261 e. The van der Waals surface area contributed by atoms with Crippen LogP contribution in [-0.2, 0) is 6.54 Å². The number of nitrogens with zero attached hydrogens (tertiary/aromatic N) is 3. The van der Waals surface area contributed by atoms with E-state index in [1.165, 1.54) is 11.5 Å². The van der Waals surface area contributed by atoms with Crippen molar-refractivity contribution in [3.05, 3.63) is 47.5 Å². The highest BCUT2D eigenvalue weighted by atomic mass is 32.1. The zero-order valence-electron chi connectivity index (χ0n) is 16.5. The molecule has 1 N–H and O–H groups in total. The summed E-state index contributed by atoms with van der Waals surface area (Å²) in [7, 11) is 1.61. The number of aryl methyl sites for hydroxylation is 1. The van der Waals surface area contributed by atoms with Gasteiger partial charge in [-0.3, -0.25) is 15.0 Å². The Hall–Kier alpha value is -2.71. The maximum absolute atomic E-state index is 12.7. The Kier molecular flexibility index (Phi) is 6.43. The average Bonchev–Trinajstić information content (AvgIpc) is 3.32. The van der Waals surface area contributed by atoms with Crippen molar-refractivity contribution in [1.29, 1.82) is 0 Å². The van der Waals surface area contributed by atoms with Crippen molar-refractivity contribution in [3.63, 3.8) is 0 Å². The summed E-state index contributed by atoms with van der Waals surface area (Å²) in [6.07, 6.45) is 0. The number of benzene rings is 1. The second-order valence-corrected chi connectivity index (χ2v) is 7.00. The first-order valence-electron chi connectivity index (χ1n) is 9.15. The van der Waals surface area contributed by atoms with Gasteiger partial charge in [-0.15, -0.1) is 0 Å². The van der Waals surface area contributed by atoms with Crippen LogP contribution in [0.25, 0.3) is 11.3 Å². The van der Waals surface area contributed by atoms with Gasteiger partial charge in [-0.05, 0) is 38.2 Å². The highest BCUT2D eigenvalue weighted by Gasteiger charge is 2.18. The van der Waals surface area contributed by atoms with E-state index in [1.54, 1.807) is 20.1 Å². The summed E-state index contributed by atoms with van der Waals surface area (Å²) in [5, 5.41) is 3.30. The molecule has 1 aromatic carbocycles. The largest absolute Gasteiger partial charge is 0.497 e. The highest BCUT2D eigenvalue weighted by molar-refractivity contribution is 7.09. The molecule has 0 fully saturated rings. The van der Waals surface area contributed by atoms with Gasteiger partial charge in [0.1, 0.15) is 17.3 Å². The predicted octanol–water partition coefficient (Wildman–Crippen LogP) is 4.21. The fourth-order valence-electron chi connectivity index (χ4n) is 2.81. The van der Waals surface area contributed by atoms with Crippen LogP contribution in [0.5, 0.6) is 5.75 Å². The molecule has 0 radical (unpaired) electrons. The number of hydrogen-bond acceptors (Lipinski definition) is 7. The molecule has 7 nitrogen and oxygen atoms in total. The van der Waals surface area contributed by atoms with E-state index in [1.807, 2.05) is 24.3 Å². The number of ether oxygens (including phenoxy) is 1. The highest BCUT2D eigenvalue weighted by Crippen LogP contribution is 2.28. The van der Waals surface area contributed by atoms with Crippen molar-refractivity contribution in [2.24, 2.45) is 0 Å². The molecule has 0 aliphatic heterocycles. The van der Waals surface area contributed by atoms with Gasteiger partial charge in [0.05, 0.1) is 19.2 Å². The number of methoxy groups -OCH3 is 1. The Morgan fingerprint density at radius 1 is 1.29 bits per heavy atom. The molecule has 8 heteroatoms. The number of amides is 1. The van der Waals surface area contributed by atoms with Crippen molar-refractivity contribution in [2.75, 3.05) is 25.5 Å². The maximum atomic E-state index is 12.7. The lowest BCUT2D eigenvalue weighted by molar-refractivity contribution is 0.102. The van der Waals surface area contributed by atoms with Crippen LogP contribution in [0, 0.1) is 6.92 Å². The third kappa shape index (κ3) is 4.58. The van der Waals surface area contributed by atoms with Gasteiger partial charge in [0, 0.05) is 17.1 Å². The second-order valence-electron chi connectivity index (χ2n) is 6.24. The molecule has 0 unspecified atom stereocenters. The van der Waals surface area contributed by atoms with Crippen LogP contribution in [0.4, 0.5) is 5.13 Å². The van der Waals surface area contributed by atoms with Gasteiger partial charge in [-0.2, -0.15) is 4.37 Å². The van der Waals surface area contributed by atoms with Gasteiger partial charge in [-0.25, -0.2) is 4.98 Å². The van der Waals surface area contributed by atoms with Crippen LogP contribution in [0.15, 0.2) is 34.7 Å². The normalized spacial score (nSPS) is 11.0. The van der Waals surface area contributed by atoms with E-state index in [0.717, 1.165) is 24.4 Å². The molecule has 2 heterocycles. The number of carbonyl (C=O) groups excluding carboxylic acids is 1. The van der Waals surface area contributed by atoms with Gasteiger partial charge < -0.3 is 9.15 Å². The summed E-state index contributed by atoms with van der Waals surface area (Å²) >= 11 is 1.18. The standard InChI is InChI=1S/C20H24N4O3S/c1-5-24(6-2)12-18-21-20(28-23-18)22-19(25)16-11-17(27-13(16)3)14-8-7-9-15(10-14)26-4/h7-11H,5-6,12H2,1-4H3,(H,21,22,23,25). The molecule has 0 saturated carbocycles. The third-order valence-corrected chi connectivity index (χ3v) is 5.13. The lowest BCUT2D eigenvalue weighted by Gasteiger charge is -2.14. The first kappa shape index (κ1) is 20.0. The number of rotatable bonds is 8. The number of furan rings is 1. The number of nitrogens with one attached hydrogen (secondary N) is 1. The Labute approximate surface area is 168 Å². The molecule has 2 aromatic heterocycles. The fraction of sp³-hybridized carbons (Fsp3) is 0.350. The van der Waals surface area contributed by atoms with Crippen molar-refractivity contribution < 1.29 is 13.9 Å². The minimum atomic E-state index is -0.263. The topological polar surface area (TPSA) is 80.5 Å². The van der Waals surface area contributed by atoms with E-state index in [2.05, 4.69) is 33.4 Å². The van der Waals surface area contributed by atoms with Gasteiger partial charge in [-0.1, -0.05) is 26.0 Å². The lowest BCUT2D eigenvalue weighted by atomic mass is 10.1. The number of anilines is 1. The zero-order chi connectivity index (χ0) is 20.1. The zero-order valence-corrected chi connectivity index (χ0v) is 17.3. The van der Waals surface area contributed by atoms with E-state index in [4.69, 9.17) is 9.15 Å². The van der Waals surface area contributed by atoms with Gasteiger partial charge in [0.2, 0.25) is 5.13 Å². The van der Waals surface area contributed by atoms with E-state index >= 15 is 0 Å². The molecule has 28 heavy (non-hydrogen) atoms. The van der Waals surface area contributed by atoms with Crippen LogP contribution in [0.3, 0.4) is 0 Å². The number of carbonyl (C=O) groups is 1. The number of aromatic nitrogens is 2. The van der Waals surface area contributed by atoms with Crippen LogP contribution >= 0.6 is 11.5 Å². The average molecular weight is 401 g/mol. The summed E-state index contributed by atoms with van der Waals surface area (Å²) in [6, 6.07) is 9.25. The van der Waals surface area contributed by atoms with Gasteiger partial charge >= 0.3 is 0 Å². The molecule has 3 rings (SSSR count). The fourth-order valence-corrected chi connectivity index (χ4v) is 3.38. The molecule has 0 aliphatic rings. The van der Waals surface area contributed by atoms with Crippen molar-refractivity contribution in [1.82, 2.24) is 14.3 Å². The first-order valence-corrected chi connectivity index (χ1v) is 9.92. The number of hydrogen-bond donors (Lipinski definition) is 1. The van der Waals surface area contributed by atoms with Crippen LogP contribution in [-0.4, -0.2) is 40.4 Å². The summed E-state index contributed by atoms with van der Waals surface area (Å²) in [5.74, 6) is 2.34. The molecular weight excluding hydrogens is 376 g/mol. The summed E-state index contributed by atoms with van der Waals surface area (Å²) in [6.45, 7) is 8.49. The molecule has 0 bridgehead atoms. The van der Waals surface area contributed by atoms with Crippen LogP contribution in [0.2, 0.25) is 0 Å². The molecule has 0 atom stereocenters. The van der Waals surface area contributed by atoms with E-state index in [-0.39, 0.29) is 5.91 Å². The molecule has 148 valence electrons. The quantitative estimate of drug-likeness (QED) is 0.610. The van der Waals surface area contributed by atoms with E-state index < -0.39 is 0 Å². The molecule has 0 aliphatic carbocycles. The van der Waals surface area contributed by atoms with Crippen LogP contribution in [0.1, 0.15) is 35.8 Å². The minimum absolute atomic E-state index is 0.263. The Bertz CT molecular complexity index is 947.